The molecule has 0 aliphatic carbocycles. The second kappa shape index (κ2) is 10.1. The number of nitrogens with zero attached hydrogens (tertiary/aromatic N) is 5. The first kappa shape index (κ1) is 24.6. The number of carbonyl (C=O) groups is 1. The van der Waals surface area contributed by atoms with Gasteiger partial charge in [-0.1, -0.05) is 30.4 Å². The van der Waals surface area contributed by atoms with Crippen LogP contribution in [0.2, 0.25) is 0 Å². The van der Waals surface area contributed by atoms with Gasteiger partial charge in [-0.05, 0) is 53.9 Å². The van der Waals surface area contributed by atoms with Crippen molar-refractivity contribution < 1.29 is 17.5 Å². The van der Waals surface area contributed by atoms with Gasteiger partial charge < -0.3 is 5.32 Å². The van der Waals surface area contributed by atoms with E-state index in [4.69, 9.17) is 4.28 Å². The van der Waals surface area contributed by atoms with Crippen molar-refractivity contribution in [2.75, 3.05) is 16.6 Å². The Bertz CT molecular complexity index is 1660. The predicted molar refractivity (Wildman–Crippen MR) is 143 cm³/mol. The molecular formula is C25H22N6O4S2. The molecule has 10 nitrogen and oxygen atoms in total. The van der Waals surface area contributed by atoms with Crippen LogP contribution in [0.25, 0.3) is 28.0 Å². The monoisotopic (exact) mass is 534 g/mol. The Balaban J connectivity index is 1.36. The number of hydrogen-bond donors (Lipinski definition) is 1. The fraction of sp³-hybridized carbons (Fsp3) is 0.120. The Kier molecular flexibility index (Phi) is 6.70. The fourth-order valence-electron chi connectivity index (χ4n) is 3.66. The molecule has 5 aromatic rings. The van der Waals surface area contributed by atoms with Gasteiger partial charge in [-0.2, -0.15) is 8.42 Å². The van der Waals surface area contributed by atoms with Crippen molar-refractivity contribution >= 4 is 44.0 Å². The summed E-state index contributed by atoms with van der Waals surface area (Å²) in [6.45, 7) is 1.93. The molecule has 5 rings (SSSR count). The SMILES string of the molecule is CCc1cnc(N(OS(C)(=O)=O)C(=O)Nc2ccc(-c3cnc4cc(-c5ccncc5)ccn34)cc2)s1. The number of hydrogen-bond acceptors (Lipinski definition) is 8. The number of benzene rings is 1. The van der Waals surface area contributed by atoms with E-state index in [1.165, 1.54) is 11.3 Å². The summed E-state index contributed by atoms with van der Waals surface area (Å²) in [7, 11) is -3.97. The van der Waals surface area contributed by atoms with E-state index >= 15 is 0 Å². The van der Waals surface area contributed by atoms with Crippen molar-refractivity contribution in [1.82, 2.24) is 19.4 Å². The lowest BCUT2D eigenvalue weighted by Gasteiger charge is -2.17. The van der Waals surface area contributed by atoms with E-state index < -0.39 is 16.1 Å². The maximum Gasteiger partial charge on any atom is 0.353 e. The lowest BCUT2D eigenvalue weighted by atomic mass is 10.1. The second-order valence-corrected chi connectivity index (χ2v) is 10.7. The minimum Gasteiger partial charge on any atom is -0.306 e. The number of hydroxylamine groups is 1. The molecule has 1 N–H and O–H groups in total. The molecular weight excluding hydrogens is 512 g/mol. The second-order valence-electron chi connectivity index (χ2n) is 8.07. The van der Waals surface area contributed by atoms with Gasteiger partial charge >= 0.3 is 6.03 Å². The van der Waals surface area contributed by atoms with Crippen LogP contribution in [-0.2, 0) is 20.8 Å². The summed E-state index contributed by atoms with van der Waals surface area (Å²) in [4.78, 5) is 26.5. The lowest BCUT2D eigenvalue weighted by Crippen LogP contribution is -2.36. The Morgan fingerprint density at radius 3 is 2.46 bits per heavy atom. The number of imidazole rings is 1. The van der Waals surface area contributed by atoms with Crippen molar-refractivity contribution in [3.63, 3.8) is 0 Å². The number of aryl methyl sites for hydroxylation is 1. The van der Waals surface area contributed by atoms with E-state index in [0.29, 0.717) is 17.2 Å². The smallest absolute Gasteiger partial charge is 0.306 e. The maximum absolute atomic E-state index is 12.9. The van der Waals surface area contributed by atoms with Gasteiger partial charge in [-0.3, -0.25) is 9.38 Å². The van der Waals surface area contributed by atoms with Crippen LogP contribution < -0.4 is 10.4 Å². The van der Waals surface area contributed by atoms with Gasteiger partial charge in [0.15, 0.2) is 0 Å². The van der Waals surface area contributed by atoms with Gasteiger partial charge in [-0.15, -0.1) is 9.35 Å². The van der Waals surface area contributed by atoms with Crippen LogP contribution in [0.3, 0.4) is 0 Å². The zero-order valence-corrected chi connectivity index (χ0v) is 21.5. The van der Waals surface area contributed by atoms with Gasteiger partial charge in [0.2, 0.25) is 5.13 Å². The number of aromatic nitrogens is 4. The molecule has 4 aromatic heterocycles. The highest BCUT2D eigenvalue weighted by atomic mass is 32.2. The summed E-state index contributed by atoms with van der Waals surface area (Å²) >= 11 is 1.17. The number of rotatable bonds is 7. The first-order chi connectivity index (χ1) is 17.8. The number of thiazole rings is 1. The molecule has 0 bridgehead atoms. The predicted octanol–water partition coefficient (Wildman–Crippen LogP) is 5.01. The first-order valence-electron chi connectivity index (χ1n) is 11.2. The quantitative estimate of drug-likeness (QED) is 0.292. The maximum atomic E-state index is 12.9. The van der Waals surface area contributed by atoms with Crippen molar-refractivity contribution in [3.8, 4) is 22.4 Å². The standard InChI is InChI=1S/C25H22N6O4S2/c1-3-21-15-28-25(36-21)31(35-37(2,33)34)24(32)29-20-6-4-18(5-7-20)22-16-27-23-14-19(10-13-30(22)23)17-8-11-26-12-9-17/h4-16H,3H2,1-2H3,(H,29,32). The Hall–Kier alpha value is -4.13. The highest BCUT2D eigenvalue weighted by Gasteiger charge is 2.25. The van der Waals surface area contributed by atoms with Crippen molar-refractivity contribution in [2.24, 2.45) is 0 Å². The summed E-state index contributed by atoms with van der Waals surface area (Å²) in [5, 5.41) is 3.43. The third-order valence-electron chi connectivity index (χ3n) is 5.42. The highest BCUT2D eigenvalue weighted by Crippen LogP contribution is 2.27. The summed E-state index contributed by atoms with van der Waals surface area (Å²) in [6.07, 6.45) is 10.4. The molecule has 0 saturated heterocycles. The molecule has 0 fully saturated rings. The molecule has 1 aromatic carbocycles. The van der Waals surface area contributed by atoms with E-state index in [-0.39, 0.29) is 5.13 Å². The number of carbonyl (C=O) groups excluding carboxylic acids is 1. The average molecular weight is 535 g/mol. The third kappa shape index (κ3) is 5.50. The summed E-state index contributed by atoms with van der Waals surface area (Å²) in [6, 6.07) is 14.3. The van der Waals surface area contributed by atoms with E-state index in [2.05, 4.69) is 20.3 Å². The van der Waals surface area contributed by atoms with Crippen molar-refractivity contribution in [3.05, 3.63) is 84.4 Å². The number of pyridine rings is 2. The van der Waals surface area contributed by atoms with Crippen LogP contribution in [0.1, 0.15) is 11.8 Å². The van der Waals surface area contributed by atoms with E-state index in [9.17, 15) is 13.2 Å². The van der Waals surface area contributed by atoms with Crippen LogP contribution in [-0.4, -0.2) is 40.1 Å². The Labute approximate surface area is 217 Å². The largest absolute Gasteiger partial charge is 0.353 e. The Morgan fingerprint density at radius 2 is 1.78 bits per heavy atom. The molecule has 4 heterocycles. The topological polar surface area (TPSA) is 119 Å². The zero-order chi connectivity index (χ0) is 26.0. The molecule has 0 aliphatic rings. The summed E-state index contributed by atoms with van der Waals surface area (Å²) in [5.41, 5.74) is 5.11. The van der Waals surface area contributed by atoms with Crippen LogP contribution in [0.5, 0.6) is 0 Å². The van der Waals surface area contributed by atoms with E-state index in [1.807, 2.05) is 53.9 Å². The molecule has 0 aliphatic heterocycles. The average Bonchev–Trinajstić information content (AvgIpc) is 3.55. The number of fused-ring (bicyclic) bond motifs is 1. The van der Waals surface area contributed by atoms with E-state index in [0.717, 1.165) is 39.2 Å². The normalized spacial score (nSPS) is 11.5. The molecule has 12 heteroatoms. The molecule has 0 spiro atoms. The van der Waals surface area contributed by atoms with Crippen molar-refractivity contribution in [2.45, 2.75) is 13.3 Å². The van der Waals surface area contributed by atoms with Gasteiger partial charge in [0.25, 0.3) is 10.1 Å². The van der Waals surface area contributed by atoms with Gasteiger partial charge in [0.1, 0.15) is 5.65 Å². The highest BCUT2D eigenvalue weighted by molar-refractivity contribution is 7.86. The number of amides is 2. The van der Waals surface area contributed by atoms with Crippen LogP contribution in [0.15, 0.2) is 79.5 Å². The third-order valence-corrected chi connectivity index (χ3v) is 6.95. The van der Waals surface area contributed by atoms with Gasteiger partial charge in [0.05, 0.1) is 18.1 Å². The van der Waals surface area contributed by atoms with Crippen LogP contribution in [0.4, 0.5) is 15.6 Å². The molecule has 0 radical (unpaired) electrons. The molecule has 37 heavy (non-hydrogen) atoms. The van der Waals surface area contributed by atoms with Gasteiger partial charge in [-0.25, -0.2) is 14.8 Å². The zero-order valence-electron chi connectivity index (χ0n) is 19.9. The molecule has 0 saturated carbocycles. The first-order valence-corrected chi connectivity index (χ1v) is 13.9. The minimum absolute atomic E-state index is 0.119. The minimum atomic E-state index is -3.97. The fourth-order valence-corrected chi connectivity index (χ4v) is 4.91. The lowest BCUT2D eigenvalue weighted by molar-refractivity contribution is 0.226. The van der Waals surface area contributed by atoms with E-state index in [1.54, 1.807) is 36.9 Å². The molecule has 0 unspecified atom stereocenters. The number of urea groups is 1. The molecule has 2 amide bonds. The number of nitrogens with one attached hydrogen (secondary N) is 1. The molecule has 0 atom stereocenters. The van der Waals surface area contributed by atoms with Crippen molar-refractivity contribution in [1.29, 1.82) is 0 Å². The summed E-state index contributed by atoms with van der Waals surface area (Å²) < 4.78 is 30.4. The summed E-state index contributed by atoms with van der Waals surface area (Å²) in [5.74, 6) is 0. The van der Waals surface area contributed by atoms with Crippen LogP contribution in [0, 0.1) is 0 Å². The molecule has 188 valence electrons. The van der Waals surface area contributed by atoms with Gasteiger partial charge in [0, 0.05) is 40.9 Å². The van der Waals surface area contributed by atoms with Crippen LogP contribution >= 0.6 is 11.3 Å². The number of anilines is 2. The Morgan fingerprint density at radius 1 is 1.03 bits per heavy atom.